The molecule has 0 amide bonds. The van der Waals surface area contributed by atoms with Crippen LogP contribution in [0.3, 0.4) is 0 Å². The first-order valence-corrected chi connectivity index (χ1v) is 6.11. The highest BCUT2D eigenvalue weighted by Crippen LogP contribution is 2.39. The highest BCUT2D eigenvalue weighted by atomic mass is 35.5. The molecule has 0 bridgehead atoms. The predicted molar refractivity (Wildman–Crippen MR) is 66.7 cm³/mol. The fraction of sp³-hybridized carbons (Fsp3) is 0.538. The standard InChI is InChI=1S/C13H17ClO3/c1-8(2)10-6-9(14)7-11(12(10)15-3)13-16-4-5-17-13/h6-8,13H,4-5H2,1-3H3. The molecule has 1 aromatic carbocycles. The van der Waals surface area contributed by atoms with Gasteiger partial charge in [-0.15, -0.1) is 0 Å². The lowest BCUT2D eigenvalue weighted by Gasteiger charge is -2.19. The molecule has 0 radical (unpaired) electrons. The van der Waals surface area contributed by atoms with E-state index in [9.17, 15) is 0 Å². The largest absolute Gasteiger partial charge is 0.496 e. The Bertz CT molecular complexity index is 398. The topological polar surface area (TPSA) is 27.7 Å². The Kier molecular flexibility index (Phi) is 3.92. The van der Waals surface area contributed by atoms with Crippen LogP contribution in [-0.4, -0.2) is 20.3 Å². The molecule has 0 saturated carbocycles. The quantitative estimate of drug-likeness (QED) is 0.828. The van der Waals surface area contributed by atoms with Crippen molar-refractivity contribution in [3.8, 4) is 5.75 Å². The fourth-order valence-corrected chi connectivity index (χ4v) is 2.25. The number of hydrogen-bond acceptors (Lipinski definition) is 3. The molecule has 1 saturated heterocycles. The molecule has 1 heterocycles. The van der Waals surface area contributed by atoms with Crippen LogP contribution in [0, 0.1) is 0 Å². The minimum atomic E-state index is -0.360. The molecular weight excluding hydrogens is 240 g/mol. The van der Waals surface area contributed by atoms with Crippen molar-refractivity contribution < 1.29 is 14.2 Å². The highest BCUT2D eigenvalue weighted by Gasteiger charge is 2.25. The number of halogens is 1. The monoisotopic (exact) mass is 256 g/mol. The second kappa shape index (κ2) is 5.25. The van der Waals surface area contributed by atoms with Gasteiger partial charge in [0.1, 0.15) is 5.75 Å². The maximum Gasteiger partial charge on any atom is 0.187 e. The fourth-order valence-electron chi connectivity index (χ4n) is 2.01. The van der Waals surface area contributed by atoms with E-state index in [-0.39, 0.29) is 6.29 Å². The molecular formula is C13H17ClO3. The van der Waals surface area contributed by atoms with Crippen molar-refractivity contribution in [2.45, 2.75) is 26.1 Å². The first kappa shape index (κ1) is 12.7. The van der Waals surface area contributed by atoms with E-state index in [1.807, 2.05) is 12.1 Å². The van der Waals surface area contributed by atoms with Crippen molar-refractivity contribution in [1.29, 1.82) is 0 Å². The van der Waals surface area contributed by atoms with Crippen molar-refractivity contribution in [2.75, 3.05) is 20.3 Å². The molecule has 0 spiro atoms. The van der Waals surface area contributed by atoms with Gasteiger partial charge in [0, 0.05) is 5.02 Å². The summed E-state index contributed by atoms with van der Waals surface area (Å²) in [5, 5.41) is 0.684. The molecule has 4 heteroatoms. The zero-order valence-electron chi connectivity index (χ0n) is 10.3. The molecule has 3 nitrogen and oxygen atoms in total. The molecule has 2 rings (SSSR count). The van der Waals surface area contributed by atoms with Crippen molar-refractivity contribution in [2.24, 2.45) is 0 Å². The molecule has 1 aromatic rings. The van der Waals surface area contributed by atoms with E-state index in [2.05, 4.69) is 13.8 Å². The Labute approximate surface area is 107 Å². The van der Waals surface area contributed by atoms with E-state index in [4.69, 9.17) is 25.8 Å². The summed E-state index contributed by atoms with van der Waals surface area (Å²) in [5.41, 5.74) is 1.95. The average molecular weight is 257 g/mol. The van der Waals surface area contributed by atoms with Gasteiger partial charge in [0.05, 0.1) is 25.9 Å². The maximum absolute atomic E-state index is 6.13. The van der Waals surface area contributed by atoms with Crippen molar-refractivity contribution in [3.05, 3.63) is 28.3 Å². The van der Waals surface area contributed by atoms with Crippen LogP contribution >= 0.6 is 11.6 Å². The second-order valence-electron chi connectivity index (χ2n) is 4.35. The third-order valence-corrected chi connectivity index (χ3v) is 3.03. The Morgan fingerprint density at radius 2 is 1.94 bits per heavy atom. The minimum Gasteiger partial charge on any atom is -0.496 e. The van der Waals surface area contributed by atoms with Gasteiger partial charge >= 0.3 is 0 Å². The van der Waals surface area contributed by atoms with Gasteiger partial charge in [0.25, 0.3) is 0 Å². The summed E-state index contributed by atoms with van der Waals surface area (Å²) in [5.74, 6) is 1.15. The number of rotatable bonds is 3. The number of methoxy groups -OCH3 is 1. The van der Waals surface area contributed by atoms with Crippen molar-refractivity contribution in [1.82, 2.24) is 0 Å². The number of hydrogen-bond donors (Lipinski definition) is 0. The van der Waals surface area contributed by atoms with E-state index in [1.165, 1.54) is 0 Å². The predicted octanol–water partition coefficient (Wildman–Crippen LogP) is 3.52. The number of ether oxygens (including phenoxy) is 3. The highest BCUT2D eigenvalue weighted by molar-refractivity contribution is 6.30. The van der Waals surface area contributed by atoms with Gasteiger partial charge in [0.2, 0.25) is 0 Å². The first-order valence-electron chi connectivity index (χ1n) is 5.74. The van der Waals surface area contributed by atoms with Gasteiger partial charge in [-0.1, -0.05) is 25.4 Å². The van der Waals surface area contributed by atoms with Gasteiger partial charge in [-0.2, -0.15) is 0 Å². The number of benzene rings is 1. The maximum atomic E-state index is 6.13. The summed E-state index contributed by atoms with van der Waals surface area (Å²) >= 11 is 6.13. The Balaban J connectivity index is 2.48. The average Bonchev–Trinajstić information content (AvgIpc) is 2.81. The zero-order valence-corrected chi connectivity index (χ0v) is 11.1. The van der Waals surface area contributed by atoms with E-state index in [0.717, 1.165) is 16.9 Å². The van der Waals surface area contributed by atoms with Crippen molar-refractivity contribution in [3.63, 3.8) is 0 Å². The lowest BCUT2D eigenvalue weighted by Crippen LogP contribution is -2.05. The molecule has 94 valence electrons. The molecule has 1 aliphatic rings. The van der Waals surface area contributed by atoms with Crippen LogP contribution in [0.2, 0.25) is 5.02 Å². The summed E-state index contributed by atoms with van der Waals surface area (Å²) in [7, 11) is 1.66. The van der Waals surface area contributed by atoms with Crippen LogP contribution < -0.4 is 4.74 Å². The summed E-state index contributed by atoms with van der Waals surface area (Å²) in [6.07, 6.45) is -0.360. The van der Waals surface area contributed by atoms with Crippen LogP contribution in [-0.2, 0) is 9.47 Å². The van der Waals surface area contributed by atoms with Crippen LogP contribution in [0.15, 0.2) is 12.1 Å². The molecule has 1 fully saturated rings. The molecule has 0 unspecified atom stereocenters. The molecule has 0 atom stereocenters. The van der Waals surface area contributed by atoms with Gasteiger partial charge in [0.15, 0.2) is 6.29 Å². The summed E-state index contributed by atoms with van der Waals surface area (Å²) in [4.78, 5) is 0. The SMILES string of the molecule is COc1c(C(C)C)cc(Cl)cc1C1OCCO1. The van der Waals surface area contributed by atoms with Crippen LogP contribution in [0.5, 0.6) is 5.75 Å². The molecule has 1 aliphatic heterocycles. The Hall–Kier alpha value is -0.770. The third kappa shape index (κ3) is 2.57. The molecule has 17 heavy (non-hydrogen) atoms. The third-order valence-electron chi connectivity index (χ3n) is 2.81. The Morgan fingerprint density at radius 3 is 2.47 bits per heavy atom. The summed E-state index contributed by atoms with van der Waals surface area (Å²) < 4.78 is 16.5. The van der Waals surface area contributed by atoms with Gasteiger partial charge in [-0.05, 0) is 23.6 Å². The molecule has 0 aliphatic carbocycles. The Morgan fingerprint density at radius 1 is 1.29 bits per heavy atom. The van der Waals surface area contributed by atoms with E-state index in [0.29, 0.717) is 24.2 Å². The minimum absolute atomic E-state index is 0.337. The van der Waals surface area contributed by atoms with Gasteiger partial charge < -0.3 is 14.2 Å². The van der Waals surface area contributed by atoms with Crippen LogP contribution in [0.4, 0.5) is 0 Å². The normalized spacial score (nSPS) is 16.8. The first-order chi connectivity index (χ1) is 8.13. The van der Waals surface area contributed by atoms with Crippen molar-refractivity contribution >= 4 is 11.6 Å². The smallest absolute Gasteiger partial charge is 0.187 e. The lowest BCUT2D eigenvalue weighted by atomic mass is 9.98. The summed E-state index contributed by atoms with van der Waals surface area (Å²) in [6, 6.07) is 3.78. The van der Waals surface area contributed by atoms with Crippen LogP contribution in [0.1, 0.15) is 37.2 Å². The van der Waals surface area contributed by atoms with E-state index >= 15 is 0 Å². The second-order valence-corrected chi connectivity index (χ2v) is 4.78. The van der Waals surface area contributed by atoms with Crippen LogP contribution in [0.25, 0.3) is 0 Å². The molecule has 0 aromatic heterocycles. The molecule has 0 N–H and O–H groups in total. The van der Waals surface area contributed by atoms with Gasteiger partial charge in [-0.25, -0.2) is 0 Å². The van der Waals surface area contributed by atoms with Gasteiger partial charge in [-0.3, -0.25) is 0 Å². The van der Waals surface area contributed by atoms with E-state index < -0.39 is 0 Å². The lowest BCUT2D eigenvalue weighted by molar-refractivity contribution is -0.0455. The van der Waals surface area contributed by atoms with E-state index in [1.54, 1.807) is 7.11 Å². The zero-order chi connectivity index (χ0) is 12.4. The summed E-state index contributed by atoms with van der Waals surface area (Å²) in [6.45, 7) is 5.43.